The van der Waals surface area contributed by atoms with Crippen molar-refractivity contribution in [2.75, 3.05) is 5.73 Å². The summed E-state index contributed by atoms with van der Waals surface area (Å²) in [6, 6.07) is 3.82. The summed E-state index contributed by atoms with van der Waals surface area (Å²) in [6.45, 7) is -3.32. The van der Waals surface area contributed by atoms with Gasteiger partial charge < -0.3 is 10.5 Å². The Bertz CT molecular complexity index is 790. The molecule has 0 fully saturated rings. The monoisotopic (exact) mass is 321 g/mol. The van der Waals surface area contributed by atoms with Crippen LogP contribution in [0.1, 0.15) is 28.4 Å². The van der Waals surface area contributed by atoms with Crippen LogP contribution in [0.15, 0.2) is 29.0 Å². The number of nitrogens with zero attached hydrogens (tertiary/aromatic N) is 1. The molecule has 0 amide bonds. The molecular formula is C13H15Cl2N3O2. The maximum atomic E-state index is 11.0. The number of hydrogen-bond acceptors (Lipinski definition) is 4. The van der Waals surface area contributed by atoms with Gasteiger partial charge in [0.1, 0.15) is 0 Å². The van der Waals surface area contributed by atoms with E-state index in [2.05, 4.69) is 10.2 Å². The SMILES string of the molecule is [2H]C([2H])CC([2H])([2H])[2H].[2H]c1cc(Oc2c(Cl)cc(N)cc2Cl)n[nH]c1=O. The van der Waals surface area contributed by atoms with E-state index in [0.717, 1.165) is 6.07 Å². The molecule has 0 radical (unpaired) electrons. The molecule has 20 heavy (non-hydrogen) atoms. The smallest absolute Gasteiger partial charge is 0.264 e. The predicted molar refractivity (Wildman–Crippen MR) is 81.8 cm³/mol. The quantitative estimate of drug-likeness (QED) is 0.823. The van der Waals surface area contributed by atoms with Crippen molar-refractivity contribution < 1.29 is 13.0 Å². The summed E-state index contributed by atoms with van der Waals surface area (Å²) in [6.07, 6.45) is -0.340. The number of nitrogens with one attached hydrogen (secondary N) is 1. The van der Waals surface area contributed by atoms with Crippen molar-refractivity contribution in [3.63, 3.8) is 0 Å². The third-order valence-corrected chi connectivity index (χ3v) is 2.38. The van der Waals surface area contributed by atoms with Crippen LogP contribution in [-0.4, -0.2) is 10.2 Å². The van der Waals surface area contributed by atoms with Crippen LogP contribution in [0, 0.1) is 0 Å². The number of rotatable bonds is 2. The highest BCUT2D eigenvalue weighted by molar-refractivity contribution is 6.37. The van der Waals surface area contributed by atoms with Gasteiger partial charge in [0.25, 0.3) is 5.56 Å². The van der Waals surface area contributed by atoms with Gasteiger partial charge in [-0.3, -0.25) is 4.79 Å². The average Bonchev–Trinajstić information content (AvgIpc) is 2.44. The summed E-state index contributed by atoms with van der Waals surface area (Å²) < 4.78 is 45.4. The van der Waals surface area contributed by atoms with Crippen LogP contribution in [0.4, 0.5) is 5.69 Å². The molecule has 0 saturated heterocycles. The molecule has 5 nitrogen and oxygen atoms in total. The van der Waals surface area contributed by atoms with Gasteiger partial charge in [-0.05, 0) is 12.1 Å². The Morgan fingerprint density at radius 3 is 2.70 bits per heavy atom. The zero-order chi connectivity index (χ0) is 20.1. The topological polar surface area (TPSA) is 81.0 Å². The first-order chi connectivity index (χ1) is 11.9. The van der Waals surface area contributed by atoms with E-state index in [4.69, 9.17) is 41.9 Å². The van der Waals surface area contributed by atoms with Crippen LogP contribution in [-0.2, 0) is 0 Å². The second-order valence-corrected chi connectivity index (χ2v) is 4.11. The van der Waals surface area contributed by atoms with Crippen molar-refractivity contribution in [3.05, 3.63) is 44.6 Å². The maximum absolute atomic E-state index is 11.0. The number of H-pyrrole nitrogens is 1. The van der Waals surface area contributed by atoms with Gasteiger partial charge >= 0.3 is 0 Å². The van der Waals surface area contributed by atoms with Gasteiger partial charge in [-0.1, -0.05) is 43.4 Å². The fourth-order valence-electron chi connectivity index (χ4n) is 1.13. The van der Waals surface area contributed by atoms with Gasteiger partial charge in [0.05, 0.1) is 11.4 Å². The standard InChI is InChI=1S/C10H7Cl2N3O2.C3H8/c11-6-3-5(13)4-7(12)10(6)17-9-2-1-8(16)14-15-9;1-3-2/h1-4H,13H2,(H,14,16);3H2,1-2H3/i1D;1D2,2D3. The number of aromatic nitrogens is 2. The van der Waals surface area contributed by atoms with E-state index in [9.17, 15) is 4.79 Å². The number of benzene rings is 1. The summed E-state index contributed by atoms with van der Waals surface area (Å²) in [7, 11) is 0. The first-order valence-electron chi connectivity index (χ1n) is 8.37. The van der Waals surface area contributed by atoms with E-state index in [1.165, 1.54) is 12.1 Å². The molecule has 1 aromatic carbocycles. The van der Waals surface area contributed by atoms with Crippen LogP contribution in [0.3, 0.4) is 0 Å². The molecule has 2 aromatic rings. The van der Waals surface area contributed by atoms with Crippen LogP contribution >= 0.6 is 23.2 Å². The maximum Gasteiger partial charge on any atom is 0.264 e. The Morgan fingerprint density at radius 1 is 1.50 bits per heavy atom. The first kappa shape index (κ1) is 9.26. The lowest BCUT2D eigenvalue weighted by Crippen LogP contribution is -2.05. The molecule has 0 saturated carbocycles. The third kappa shape index (κ3) is 4.75. The second-order valence-electron chi connectivity index (χ2n) is 3.30. The minimum atomic E-state index is -2.10. The minimum Gasteiger partial charge on any atom is -0.434 e. The largest absolute Gasteiger partial charge is 0.434 e. The molecular weight excluding hydrogens is 301 g/mol. The Balaban J connectivity index is 0.000000359. The van der Waals surface area contributed by atoms with Gasteiger partial charge in [-0.15, -0.1) is 5.10 Å². The van der Waals surface area contributed by atoms with Crippen LogP contribution in [0.5, 0.6) is 11.6 Å². The number of hydrogen-bond donors (Lipinski definition) is 2. The van der Waals surface area contributed by atoms with Crippen molar-refractivity contribution in [2.24, 2.45) is 0 Å². The highest BCUT2D eigenvalue weighted by Crippen LogP contribution is 2.37. The fraction of sp³-hybridized carbons (Fsp3) is 0.231. The number of nitrogen functional groups attached to an aromatic ring is 1. The molecule has 0 aliphatic rings. The molecule has 2 rings (SSSR count). The Hall–Kier alpha value is -1.72. The van der Waals surface area contributed by atoms with Crippen molar-refractivity contribution >= 4 is 28.9 Å². The molecule has 1 heterocycles. The number of nitrogens with two attached hydrogens (primary N) is 1. The van der Waals surface area contributed by atoms with Crippen LogP contribution in [0.2, 0.25) is 10.0 Å². The highest BCUT2D eigenvalue weighted by Gasteiger charge is 2.10. The van der Waals surface area contributed by atoms with E-state index >= 15 is 0 Å². The molecule has 0 unspecified atom stereocenters. The van der Waals surface area contributed by atoms with Crippen LogP contribution < -0.4 is 16.0 Å². The number of anilines is 1. The summed E-state index contributed by atoms with van der Waals surface area (Å²) >= 11 is 11.8. The predicted octanol–water partition coefficient (Wildman–Crippen LogP) is 3.87. The molecule has 0 atom stereocenters. The van der Waals surface area contributed by atoms with Gasteiger partial charge in [0.2, 0.25) is 5.88 Å². The van der Waals surface area contributed by atoms with E-state index < -0.39 is 19.3 Å². The van der Waals surface area contributed by atoms with Crippen molar-refractivity contribution in [1.82, 2.24) is 10.2 Å². The van der Waals surface area contributed by atoms with Crippen molar-refractivity contribution in [2.45, 2.75) is 20.1 Å². The normalized spacial score (nSPS) is 14.8. The van der Waals surface area contributed by atoms with E-state index in [1.807, 2.05) is 0 Å². The van der Waals surface area contributed by atoms with Crippen molar-refractivity contribution in [1.29, 1.82) is 0 Å². The molecule has 1 aromatic heterocycles. The molecule has 7 heteroatoms. The summed E-state index contributed by atoms with van der Waals surface area (Å²) in [4.78, 5) is 11.0. The zero-order valence-electron chi connectivity index (χ0n) is 16.1. The third-order valence-electron chi connectivity index (χ3n) is 1.82. The molecule has 0 bridgehead atoms. The van der Waals surface area contributed by atoms with E-state index in [0.29, 0.717) is 5.69 Å². The fourth-order valence-corrected chi connectivity index (χ4v) is 1.71. The summed E-state index contributed by atoms with van der Waals surface area (Å²) in [5, 5.41) is 6.14. The first-order valence-corrected chi connectivity index (χ1v) is 5.98. The van der Waals surface area contributed by atoms with Gasteiger partial charge in [0, 0.05) is 24.6 Å². The Kier molecular flexibility index (Phi) is 3.60. The number of ether oxygens (including phenoxy) is 1. The zero-order valence-corrected chi connectivity index (χ0v) is 11.6. The Morgan fingerprint density at radius 2 is 2.20 bits per heavy atom. The molecule has 0 aliphatic carbocycles. The summed E-state index contributed by atoms with van der Waals surface area (Å²) in [5.41, 5.74) is 5.33. The minimum absolute atomic E-state index is 0.00757. The number of halogens is 2. The summed E-state index contributed by atoms with van der Waals surface area (Å²) in [5.74, 6) is 0.166. The van der Waals surface area contributed by atoms with Crippen LogP contribution in [0.25, 0.3) is 0 Å². The van der Waals surface area contributed by atoms with Crippen molar-refractivity contribution in [3.8, 4) is 11.6 Å². The lowest BCUT2D eigenvalue weighted by atomic mass is 10.3. The van der Waals surface area contributed by atoms with Gasteiger partial charge in [-0.25, -0.2) is 5.10 Å². The lowest BCUT2D eigenvalue weighted by molar-refractivity contribution is 0.455. The molecule has 0 aliphatic heterocycles. The lowest BCUT2D eigenvalue weighted by Gasteiger charge is -2.08. The highest BCUT2D eigenvalue weighted by atomic mass is 35.5. The number of aromatic amines is 1. The molecule has 108 valence electrons. The average molecular weight is 322 g/mol. The van der Waals surface area contributed by atoms with E-state index in [-0.39, 0.29) is 34.1 Å². The van der Waals surface area contributed by atoms with E-state index in [1.54, 1.807) is 0 Å². The molecule has 3 N–H and O–H groups in total. The molecule has 0 spiro atoms. The van der Waals surface area contributed by atoms with Gasteiger partial charge in [0.15, 0.2) is 5.75 Å². The second kappa shape index (κ2) is 7.77. The van der Waals surface area contributed by atoms with Gasteiger partial charge in [-0.2, -0.15) is 0 Å². The Labute approximate surface area is 135 Å².